The van der Waals surface area contributed by atoms with Gasteiger partial charge < -0.3 is 20.9 Å². The molecule has 4 N–H and O–H groups in total. The molecule has 6 aromatic carbocycles. The largest absolute Gasteiger partial charge is 0.457 e. The average Bonchev–Trinajstić information content (AvgIpc) is 3.31. The van der Waals surface area contributed by atoms with Gasteiger partial charge in [0.1, 0.15) is 23.0 Å². The van der Waals surface area contributed by atoms with Crippen molar-refractivity contribution in [1.29, 1.82) is 0 Å². The Morgan fingerprint density at radius 3 is 1.24 bits per heavy atom. The minimum absolute atomic E-state index is 0.589. The summed E-state index contributed by atoms with van der Waals surface area (Å²) < 4.78 is 12.6. The van der Waals surface area contributed by atoms with Gasteiger partial charge in [-0.05, 0) is 106 Å². The lowest BCUT2D eigenvalue weighted by molar-refractivity contribution is 0.480. The number of anilines is 2. The second-order valence-corrected chi connectivity index (χ2v) is 10.2. The third kappa shape index (κ3) is 4.26. The molecule has 4 nitrogen and oxygen atoms in total. The first-order chi connectivity index (χ1) is 20.1. The van der Waals surface area contributed by atoms with E-state index in [1.165, 1.54) is 22.3 Å². The van der Waals surface area contributed by atoms with Gasteiger partial charge >= 0.3 is 0 Å². The molecule has 41 heavy (non-hydrogen) atoms. The van der Waals surface area contributed by atoms with Gasteiger partial charge in [0.2, 0.25) is 0 Å². The Kier molecular flexibility index (Phi) is 5.94. The first-order valence-corrected chi connectivity index (χ1v) is 13.6. The maximum Gasteiger partial charge on any atom is 0.127 e. The van der Waals surface area contributed by atoms with Crippen LogP contribution >= 0.6 is 0 Å². The van der Waals surface area contributed by atoms with Gasteiger partial charge in [-0.15, -0.1) is 0 Å². The SMILES string of the molecule is Nc1ccc(Oc2cccc(C3(c4cccc(Oc5ccc(N)cc5)c4)c4ccccc4-c4ccccc43)c2)cc1. The van der Waals surface area contributed by atoms with Crippen molar-refractivity contribution in [1.82, 2.24) is 0 Å². The van der Waals surface area contributed by atoms with E-state index in [1.54, 1.807) is 0 Å². The Morgan fingerprint density at radius 2 is 0.805 bits per heavy atom. The third-order valence-corrected chi connectivity index (χ3v) is 7.72. The molecule has 7 rings (SSSR count). The topological polar surface area (TPSA) is 70.5 Å². The number of hydrogen-bond donors (Lipinski definition) is 2. The summed E-state index contributed by atoms with van der Waals surface area (Å²) in [6, 6.07) is 49.0. The summed E-state index contributed by atoms with van der Waals surface area (Å²) in [5, 5.41) is 0. The molecule has 0 amide bonds. The van der Waals surface area contributed by atoms with Crippen molar-refractivity contribution in [3.05, 3.63) is 168 Å². The number of benzene rings is 6. The summed E-state index contributed by atoms with van der Waals surface area (Å²) in [7, 11) is 0. The highest BCUT2D eigenvalue weighted by atomic mass is 16.5. The smallest absolute Gasteiger partial charge is 0.127 e. The molecule has 0 saturated heterocycles. The molecule has 0 atom stereocenters. The molecular formula is C37H28N2O2. The van der Waals surface area contributed by atoms with Crippen molar-refractivity contribution in [2.24, 2.45) is 0 Å². The summed E-state index contributed by atoms with van der Waals surface area (Å²) in [6.07, 6.45) is 0. The van der Waals surface area contributed by atoms with Crippen molar-refractivity contribution in [3.63, 3.8) is 0 Å². The van der Waals surface area contributed by atoms with Gasteiger partial charge in [-0.2, -0.15) is 0 Å². The minimum Gasteiger partial charge on any atom is -0.457 e. The van der Waals surface area contributed by atoms with Gasteiger partial charge in [0.25, 0.3) is 0 Å². The second kappa shape index (κ2) is 9.92. The molecule has 0 aromatic heterocycles. The van der Waals surface area contributed by atoms with E-state index in [4.69, 9.17) is 20.9 Å². The van der Waals surface area contributed by atoms with Crippen molar-refractivity contribution in [3.8, 4) is 34.1 Å². The van der Waals surface area contributed by atoms with Crippen molar-refractivity contribution in [2.75, 3.05) is 11.5 Å². The number of rotatable bonds is 6. The highest BCUT2D eigenvalue weighted by molar-refractivity contribution is 5.86. The molecule has 0 saturated carbocycles. The standard InChI is InChI=1S/C37H28N2O2/c38-27-15-19-29(20-16-27)40-31-9-5-7-25(23-31)37(35-13-3-1-11-33(35)34-12-2-4-14-36(34)37)26-8-6-10-32(24-26)41-30-21-17-28(39)18-22-30/h1-24H,38-39H2. The molecule has 0 spiro atoms. The van der Waals surface area contributed by atoms with E-state index < -0.39 is 5.41 Å². The van der Waals surface area contributed by atoms with Crippen LogP contribution in [0.25, 0.3) is 11.1 Å². The van der Waals surface area contributed by atoms with Crippen LogP contribution in [0.4, 0.5) is 11.4 Å². The molecule has 0 unspecified atom stereocenters. The zero-order chi connectivity index (χ0) is 27.8. The zero-order valence-electron chi connectivity index (χ0n) is 22.3. The lowest BCUT2D eigenvalue weighted by Gasteiger charge is -2.34. The summed E-state index contributed by atoms with van der Waals surface area (Å²) in [6.45, 7) is 0. The molecule has 0 aliphatic heterocycles. The van der Waals surface area contributed by atoms with E-state index in [-0.39, 0.29) is 0 Å². The van der Waals surface area contributed by atoms with Crippen LogP contribution in [0.15, 0.2) is 146 Å². The molecule has 1 aliphatic rings. The fourth-order valence-corrected chi connectivity index (χ4v) is 5.95. The zero-order valence-corrected chi connectivity index (χ0v) is 22.3. The van der Waals surface area contributed by atoms with E-state index >= 15 is 0 Å². The van der Waals surface area contributed by atoms with Gasteiger partial charge in [-0.3, -0.25) is 0 Å². The molecule has 0 radical (unpaired) electrons. The number of fused-ring (bicyclic) bond motifs is 3. The van der Waals surface area contributed by atoms with Crippen molar-refractivity contribution >= 4 is 11.4 Å². The first-order valence-electron chi connectivity index (χ1n) is 13.6. The Balaban J connectivity index is 1.42. The van der Waals surface area contributed by atoms with Crippen LogP contribution < -0.4 is 20.9 Å². The molecule has 198 valence electrons. The predicted molar refractivity (Wildman–Crippen MR) is 166 cm³/mol. The van der Waals surface area contributed by atoms with Gasteiger partial charge in [0.05, 0.1) is 5.41 Å². The minimum atomic E-state index is -0.589. The van der Waals surface area contributed by atoms with Gasteiger partial charge in [-0.25, -0.2) is 0 Å². The number of nitrogens with two attached hydrogens (primary N) is 2. The predicted octanol–water partition coefficient (Wildman–Crippen LogP) is 8.80. The third-order valence-electron chi connectivity index (χ3n) is 7.72. The Labute approximate surface area is 239 Å². The first kappa shape index (κ1) is 24.6. The lowest BCUT2D eigenvalue weighted by atomic mass is 9.67. The Bertz CT molecular complexity index is 1720. The fourth-order valence-electron chi connectivity index (χ4n) is 5.95. The lowest BCUT2D eigenvalue weighted by Crippen LogP contribution is -2.28. The molecule has 6 aromatic rings. The van der Waals surface area contributed by atoms with E-state index in [0.29, 0.717) is 11.4 Å². The monoisotopic (exact) mass is 532 g/mol. The Morgan fingerprint density at radius 1 is 0.390 bits per heavy atom. The van der Waals surface area contributed by atoms with E-state index in [9.17, 15) is 0 Å². The molecule has 1 aliphatic carbocycles. The highest BCUT2D eigenvalue weighted by Gasteiger charge is 2.46. The van der Waals surface area contributed by atoms with E-state index in [2.05, 4.69) is 84.9 Å². The van der Waals surface area contributed by atoms with Gasteiger partial charge in [0, 0.05) is 11.4 Å². The Hall–Kier alpha value is -5.48. The molecule has 4 heteroatoms. The number of ether oxygens (including phenoxy) is 2. The molecular weight excluding hydrogens is 504 g/mol. The van der Waals surface area contributed by atoms with E-state index in [0.717, 1.165) is 34.1 Å². The molecule has 0 heterocycles. The summed E-state index contributed by atoms with van der Waals surface area (Å²) >= 11 is 0. The fraction of sp³-hybridized carbons (Fsp3) is 0.0270. The van der Waals surface area contributed by atoms with E-state index in [1.807, 2.05) is 60.7 Å². The van der Waals surface area contributed by atoms with Gasteiger partial charge in [-0.1, -0.05) is 72.8 Å². The highest BCUT2D eigenvalue weighted by Crippen LogP contribution is 2.56. The van der Waals surface area contributed by atoms with Crippen LogP contribution in [-0.2, 0) is 5.41 Å². The van der Waals surface area contributed by atoms with Crippen LogP contribution in [-0.4, -0.2) is 0 Å². The van der Waals surface area contributed by atoms with Gasteiger partial charge in [0.15, 0.2) is 0 Å². The number of hydrogen-bond acceptors (Lipinski definition) is 4. The van der Waals surface area contributed by atoms with Crippen molar-refractivity contribution in [2.45, 2.75) is 5.41 Å². The van der Waals surface area contributed by atoms with Crippen LogP contribution in [0, 0.1) is 0 Å². The number of nitrogen functional groups attached to an aromatic ring is 2. The molecule has 0 bridgehead atoms. The molecule has 0 fully saturated rings. The average molecular weight is 533 g/mol. The van der Waals surface area contributed by atoms with Crippen LogP contribution in [0.5, 0.6) is 23.0 Å². The normalized spacial score (nSPS) is 12.8. The maximum absolute atomic E-state index is 6.31. The summed E-state index contributed by atoms with van der Waals surface area (Å²) in [5.41, 5.74) is 19.7. The quantitative estimate of drug-likeness (QED) is 0.210. The van der Waals surface area contributed by atoms with Crippen molar-refractivity contribution < 1.29 is 9.47 Å². The van der Waals surface area contributed by atoms with Crippen LogP contribution in [0.2, 0.25) is 0 Å². The second-order valence-electron chi connectivity index (χ2n) is 10.2. The summed E-state index contributed by atoms with van der Waals surface area (Å²) in [4.78, 5) is 0. The summed E-state index contributed by atoms with van der Waals surface area (Å²) in [5.74, 6) is 2.97. The van der Waals surface area contributed by atoms with Crippen LogP contribution in [0.1, 0.15) is 22.3 Å². The van der Waals surface area contributed by atoms with Crippen LogP contribution in [0.3, 0.4) is 0 Å². The maximum atomic E-state index is 6.31.